The van der Waals surface area contributed by atoms with Gasteiger partial charge in [0.1, 0.15) is 0 Å². The van der Waals surface area contributed by atoms with Crippen molar-refractivity contribution in [3.8, 4) is 0 Å². The molecule has 0 aliphatic heterocycles. The molecule has 1 aromatic heterocycles. The van der Waals surface area contributed by atoms with E-state index in [2.05, 4.69) is 22.1 Å². The van der Waals surface area contributed by atoms with Gasteiger partial charge in [0.05, 0.1) is 0 Å². The largest absolute Gasteiger partial charge is 0.232 e. The summed E-state index contributed by atoms with van der Waals surface area (Å²) in [5.41, 5.74) is 0. The van der Waals surface area contributed by atoms with E-state index in [1.807, 2.05) is 6.92 Å². The zero-order valence-electron chi connectivity index (χ0n) is 6.44. The first-order chi connectivity index (χ1) is 5.36. The molecule has 0 unspecified atom stereocenters. The Kier molecular flexibility index (Phi) is 3.51. The second-order valence-electron chi connectivity index (χ2n) is 1.67. The maximum Gasteiger partial charge on any atom is 0.232 e. The highest BCUT2D eigenvalue weighted by atomic mass is 32.2. The smallest absolute Gasteiger partial charge is 0.231 e. The summed E-state index contributed by atoms with van der Waals surface area (Å²) in [4.78, 5) is 4.02. The second-order valence-corrected chi connectivity index (χ2v) is 4.14. The van der Waals surface area contributed by atoms with E-state index in [-0.39, 0.29) is 0 Å². The summed E-state index contributed by atoms with van der Waals surface area (Å²) < 4.78 is 0.994. The zero-order chi connectivity index (χ0) is 8.10. The molecule has 0 N–H and O–H groups in total. The summed E-state index contributed by atoms with van der Waals surface area (Å²) >= 11 is 3.22. The number of rotatable bonds is 3. The number of aromatic nitrogens is 2. The first-order valence-corrected chi connectivity index (χ1v) is 5.12. The van der Waals surface area contributed by atoms with Crippen molar-refractivity contribution in [2.45, 2.75) is 18.2 Å². The lowest BCUT2D eigenvalue weighted by molar-refractivity contribution is 1.01. The minimum atomic E-state index is 0.739. The van der Waals surface area contributed by atoms with Crippen molar-refractivity contribution in [2.75, 3.05) is 5.75 Å². The van der Waals surface area contributed by atoms with Crippen LogP contribution in [0.25, 0.3) is 0 Å². The fourth-order valence-electron chi connectivity index (χ4n) is 0.547. The zero-order valence-corrected chi connectivity index (χ0v) is 8.08. The number of aliphatic imine (C=N–C) groups is 1. The van der Waals surface area contributed by atoms with Gasteiger partial charge in [-0.15, -0.1) is 10.2 Å². The Morgan fingerprint density at radius 3 is 3.09 bits per heavy atom. The molecular weight excluding hydrogens is 178 g/mol. The van der Waals surface area contributed by atoms with E-state index in [4.69, 9.17) is 0 Å². The van der Waals surface area contributed by atoms with E-state index in [9.17, 15) is 0 Å². The third kappa shape index (κ3) is 2.59. The van der Waals surface area contributed by atoms with Gasteiger partial charge in [0.25, 0.3) is 0 Å². The standard InChI is InChI=1S/C6H9N3S2/c1-3-7-5-8-9-6(11-5)10-4-2/h3H,4H2,1-2H3. The quantitative estimate of drug-likeness (QED) is 0.538. The Balaban J connectivity index is 2.65. The van der Waals surface area contributed by atoms with E-state index in [0.29, 0.717) is 0 Å². The van der Waals surface area contributed by atoms with Crippen molar-refractivity contribution in [3.63, 3.8) is 0 Å². The van der Waals surface area contributed by atoms with E-state index < -0.39 is 0 Å². The van der Waals surface area contributed by atoms with E-state index in [0.717, 1.165) is 15.2 Å². The minimum absolute atomic E-state index is 0.739. The summed E-state index contributed by atoms with van der Waals surface area (Å²) in [7, 11) is 0. The summed E-state index contributed by atoms with van der Waals surface area (Å²) in [6, 6.07) is 0. The van der Waals surface area contributed by atoms with Gasteiger partial charge in [-0.2, -0.15) is 0 Å². The highest BCUT2D eigenvalue weighted by molar-refractivity contribution is 8.01. The molecule has 5 heteroatoms. The predicted molar refractivity (Wildman–Crippen MR) is 50.1 cm³/mol. The lowest BCUT2D eigenvalue weighted by Gasteiger charge is -1.83. The monoisotopic (exact) mass is 187 g/mol. The van der Waals surface area contributed by atoms with Crippen LogP contribution in [0, 0.1) is 0 Å². The third-order valence-electron chi connectivity index (χ3n) is 0.903. The number of thioether (sulfide) groups is 1. The third-order valence-corrected chi connectivity index (χ3v) is 2.75. The van der Waals surface area contributed by atoms with Crippen LogP contribution in [0.3, 0.4) is 0 Å². The molecule has 0 bridgehead atoms. The molecule has 0 spiro atoms. The lowest BCUT2D eigenvalue weighted by atomic mass is 10.9. The molecule has 1 rings (SSSR count). The molecule has 0 saturated carbocycles. The van der Waals surface area contributed by atoms with Gasteiger partial charge in [-0.25, -0.2) is 4.99 Å². The van der Waals surface area contributed by atoms with Gasteiger partial charge in [0.15, 0.2) is 4.34 Å². The van der Waals surface area contributed by atoms with Crippen LogP contribution in [0.4, 0.5) is 5.13 Å². The summed E-state index contributed by atoms with van der Waals surface area (Å²) in [5.74, 6) is 1.03. The van der Waals surface area contributed by atoms with Crippen molar-refractivity contribution in [2.24, 2.45) is 4.99 Å². The summed E-state index contributed by atoms with van der Waals surface area (Å²) in [6.07, 6.45) is 1.72. The van der Waals surface area contributed by atoms with Crippen LogP contribution < -0.4 is 0 Å². The van der Waals surface area contributed by atoms with Gasteiger partial charge < -0.3 is 0 Å². The van der Waals surface area contributed by atoms with Crippen molar-refractivity contribution >= 4 is 34.4 Å². The van der Waals surface area contributed by atoms with Crippen LogP contribution >= 0.6 is 23.1 Å². The van der Waals surface area contributed by atoms with Crippen LogP contribution in [0.2, 0.25) is 0 Å². The molecule has 3 nitrogen and oxygen atoms in total. The molecule has 0 saturated heterocycles. The van der Waals surface area contributed by atoms with Crippen molar-refractivity contribution in [1.82, 2.24) is 10.2 Å². The molecule has 60 valence electrons. The summed E-state index contributed by atoms with van der Waals surface area (Å²) in [6.45, 7) is 3.96. The van der Waals surface area contributed by atoms with Gasteiger partial charge in [0.2, 0.25) is 5.13 Å². The minimum Gasteiger partial charge on any atom is -0.231 e. The molecule has 1 heterocycles. The van der Waals surface area contributed by atoms with Crippen molar-refractivity contribution < 1.29 is 0 Å². The van der Waals surface area contributed by atoms with Gasteiger partial charge in [-0.05, 0) is 12.7 Å². The van der Waals surface area contributed by atoms with Crippen LogP contribution in [-0.2, 0) is 0 Å². The van der Waals surface area contributed by atoms with Gasteiger partial charge in [0, 0.05) is 6.21 Å². The highest BCUT2D eigenvalue weighted by Crippen LogP contribution is 2.26. The van der Waals surface area contributed by atoms with Crippen LogP contribution in [0.1, 0.15) is 13.8 Å². The molecule has 11 heavy (non-hydrogen) atoms. The molecule has 1 aromatic rings. The van der Waals surface area contributed by atoms with Crippen molar-refractivity contribution in [3.05, 3.63) is 0 Å². The maximum absolute atomic E-state index is 4.02. The van der Waals surface area contributed by atoms with Crippen LogP contribution in [0.15, 0.2) is 9.33 Å². The molecule has 0 atom stereocenters. The average molecular weight is 187 g/mol. The van der Waals surface area contributed by atoms with E-state index >= 15 is 0 Å². The molecule has 0 aromatic carbocycles. The lowest BCUT2D eigenvalue weighted by Crippen LogP contribution is -1.70. The number of hydrogen-bond acceptors (Lipinski definition) is 5. The number of hydrogen-bond donors (Lipinski definition) is 0. The molecule has 0 amide bonds. The Hall–Kier alpha value is -0.420. The van der Waals surface area contributed by atoms with Crippen LogP contribution in [-0.4, -0.2) is 22.2 Å². The Morgan fingerprint density at radius 2 is 2.45 bits per heavy atom. The first-order valence-electron chi connectivity index (χ1n) is 3.31. The molecular formula is C6H9N3S2. The van der Waals surface area contributed by atoms with E-state index in [1.165, 1.54) is 11.3 Å². The Bertz CT molecular complexity index is 244. The first kappa shape index (κ1) is 8.67. The second kappa shape index (κ2) is 4.46. The SMILES string of the molecule is CC=Nc1nnc(SCC)s1. The van der Waals surface area contributed by atoms with Gasteiger partial charge >= 0.3 is 0 Å². The Morgan fingerprint density at radius 1 is 1.64 bits per heavy atom. The van der Waals surface area contributed by atoms with Crippen LogP contribution in [0.5, 0.6) is 0 Å². The fourth-order valence-corrected chi connectivity index (χ4v) is 2.18. The van der Waals surface area contributed by atoms with Gasteiger partial charge in [-0.1, -0.05) is 30.0 Å². The molecule has 0 fully saturated rings. The van der Waals surface area contributed by atoms with E-state index in [1.54, 1.807) is 18.0 Å². The molecule has 0 aliphatic carbocycles. The average Bonchev–Trinajstić information content (AvgIpc) is 2.38. The topological polar surface area (TPSA) is 38.1 Å². The normalized spacial score (nSPS) is 11.1. The summed E-state index contributed by atoms with van der Waals surface area (Å²) in [5, 5.41) is 8.56. The highest BCUT2D eigenvalue weighted by Gasteiger charge is 1.99. The van der Waals surface area contributed by atoms with Gasteiger partial charge in [-0.3, -0.25) is 0 Å². The predicted octanol–water partition coefficient (Wildman–Crippen LogP) is 2.37. The Labute approximate surface area is 74.0 Å². The number of nitrogens with zero attached hydrogens (tertiary/aromatic N) is 3. The van der Waals surface area contributed by atoms with Crippen molar-refractivity contribution in [1.29, 1.82) is 0 Å². The molecule has 0 aliphatic rings. The maximum atomic E-state index is 4.02. The fraction of sp³-hybridized carbons (Fsp3) is 0.500. The molecule has 0 radical (unpaired) electrons.